The number of aromatic amines is 1. The van der Waals surface area contributed by atoms with E-state index in [9.17, 15) is 9.59 Å². The van der Waals surface area contributed by atoms with Gasteiger partial charge in [0.15, 0.2) is 5.66 Å². The van der Waals surface area contributed by atoms with Crippen LogP contribution in [0.25, 0.3) is 11.0 Å². The largest absolute Gasteiger partial charge is 0.352 e. The van der Waals surface area contributed by atoms with Crippen molar-refractivity contribution in [1.29, 1.82) is 0 Å². The fourth-order valence-electron chi connectivity index (χ4n) is 3.17. The minimum atomic E-state index is -0.423. The zero-order valence-electron chi connectivity index (χ0n) is 16.0. The molecule has 0 aliphatic carbocycles. The highest BCUT2D eigenvalue weighted by Crippen LogP contribution is 2.36. The molecule has 2 N–H and O–H groups in total. The van der Waals surface area contributed by atoms with E-state index in [4.69, 9.17) is 6.42 Å². The number of imidazole rings is 1. The third-order valence-electron chi connectivity index (χ3n) is 4.53. The summed E-state index contributed by atoms with van der Waals surface area (Å²) in [4.78, 5) is 28.0. The van der Waals surface area contributed by atoms with Crippen LogP contribution in [0.5, 0.6) is 0 Å². The SMILES string of the molecule is C#CCCC1(CCNC(=O)c2cccc3[nH]c(=O)n(CC(C)(C)C)c23)N=N1. The first-order valence-corrected chi connectivity index (χ1v) is 9.12. The van der Waals surface area contributed by atoms with Gasteiger partial charge in [-0.25, -0.2) is 4.79 Å². The molecule has 1 aliphatic rings. The van der Waals surface area contributed by atoms with Gasteiger partial charge < -0.3 is 10.3 Å². The van der Waals surface area contributed by atoms with Crippen LogP contribution in [0, 0.1) is 17.8 Å². The molecule has 1 aromatic carbocycles. The predicted molar refractivity (Wildman–Crippen MR) is 105 cm³/mol. The number of nitrogens with one attached hydrogen (secondary N) is 2. The van der Waals surface area contributed by atoms with Gasteiger partial charge in [0.05, 0.1) is 16.6 Å². The highest BCUT2D eigenvalue weighted by Gasteiger charge is 2.38. The lowest BCUT2D eigenvalue weighted by Crippen LogP contribution is -2.30. The molecule has 2 aromatic rings. The van der Waals surface area contributed by atoms with Crippen molar-refractivity contribution in [3.63, 3.8) is 0 Å². The lowest BCUT2D eigenvalue weighted by Gasteiger charge is -2.19. The molecule has 0 saturated carbocycles. The van der Waals surface area contributed by atoms with Crippen molar-refractivity contribution in [2.24, 2.45) is 15.6 Å². The molecule has 7 nitrogen and oxygen atoms in total. The van der Waals surface area contributed by atoms with Crippen molar-refractivity contribution < 1.29 is 4.79 Å². The number of carbonyl (C=O) groups is 1. The number of carbonyl (C=O) groups excluding carboxylic acids is 1. The topological polar surface area (TPSA) is 91.6 Å². The number of H-pyrrole nitrogens is 1. The fraction of sp³-hybridized carbons (Fsp3) is 0.500. The Morgan fingerprint density at radius 2 is 2.07 bits per heavy atom. The number of rotatable bonds is 7. The second-order valence-corrected chi connectivity index (χ2v) is 8.17. The number of para-hydroxylation sites is 1. The first-order valence-electron chi connectivity index (χ1n) is 9.12. The first kappa shape index (κ1) is 18.9. The lowest BCUT2D eigenvalue weighted by molar-refractivity contribution is 0.0953. The Balaban J connectivity index is 1.77. The highest BCUT2D eigenvalue weighted by atomic mass is 16.2. The Bertz CT molecular complexity index is 978. The average Bonchev–Trinajstić information content (AvgIpc) is 3.30. The summed E-state index contributed by atoms with van der Waals surface area (Å²) in [6.07, 6.45) is 7.24. The van der Waals surface area contributed by atoms with Gasteiger partial charge in [-0.2, -0.15) is 10.2 Å². The van der Waals surface area contributed by atoms with Gasteiger partial charge in [-0.1, -0.05) is 26.8 Å². The number of hydrogen-bond donors (Lipinski definition) is 2. The van der Waals surface area contributed by atoms with Crippen molar-refractivity contribution in [2.75, 3.05) is 6.54 Å². The number of terminal acetylenes is 1. The van der Waals surface area contributed by atoms with Crippen LogP contribution in [0.4, 0.5) is 0 Å². The van der Waals surface area contributed by atoms with E-state index in [1.54, 1.807) is 16.7 Å². The van der Waals surface area contributed by atoms with Crippen LogP contribution in [0.15, 0.2) is 33.2 Å². The van der Waals surface area contributed by atoms with Crippen LogP contribution in [0.2, 0.25) is 0 Å². The standard InChI is InChI=1S/C20H25N5O2/c1-5-6-10-20(23-24-20)11-12-21-17(26)14-8-7-9-15-16(14)25(18(27)22-15)13-19(2,3)4/h1,7-9H,6,10-13H2,2-4H3,(H,21,26)(H,22,27). The summed E-state index contributed by atoms with van der Waals surface area (Å²) in [5.74, 6) is 2.38. The number of fused-ring (bicyclic) bond motifs is 1. The van der Waals surface area contributed by atoms with E-state index in [1.165, 1.54) is 0 Å². The van der Waals surface area contributed by atoms with Crippen LogP contribution in [0.1, 0.15) is 50.4 Å². The Labute approximate surface area is 158 Å². The molecule has 0 bridgehead atoms. The second-order valence-electron chi connectivity index (χ2n) is 8.17. The number of aromatic nitrogens is 2. The molecule has 27 heavy (non-hydrogen) atoms. The first-order chi connectivity index (χ1) is 12.7. The van der Waals surface area contributed by atoms with Gasteiger partial charge in [-0.15, -0.1) is 12.3 Å². The number of nitrogens with zero attached hydrogens (tertiary/aromatic N) is 3. The van der Waals surface area contributed by atoms with Gasteiger partial charge in [-0.05, 0) is 17.5 Å². The van der Waals surface area contributed by atoms with E-state index < -0.39 is 5.66 Å². The number of hydrogen-bond acceptors (Lipinski definition) is 4. The van der Waals surface area contributed by atoms with Crippen molar-refractivity contribution >= 4 is 16.9 Å². The summed E-state index contributed by atoms with van der Waals surface area (Å²) < 4.78 is 1.64. The molecule has 0 radical (unpaired) electrons. The molecular formula is C20H25N5O2. The molecule has 1 aliphatic heterocycles. The minimum Gasteiger partial charge on any atom is -0.352 e. The zero-order chi connectivity index (χ0) is 19.7. The maximum Gasteiger partial charge on any atom is 0.326 e. The van der Waals surface area contributed by atoms with Gasteiger partial charge in [0.2, 0.25) is 0 Å². The Morgan fingerprint density at radius 1 is 1.33 bits per heavy atom. The summed E-state index contributed by atoms with van der Waals surface area (Å²) >= 11 is 0. The lowest BCUT2D eigenvalue weighted by atomic mass is 9.96. The van der Waals surface area contributed by atoms with E-state index in [-0.39, 0.29) is 17.0 Å². The van der Waals surface area contributed by atoms with Gasteiger partial charge in [0, 0.05) is 32.4 Å². The normalized spacial score (nSPS) is 14.9. The monoisotopic (exact) mass is 367 g/mol. The van der Waals surface area contributed by atoms with Crippen molar-refractivity contribution in [3.8, 4) is 12.3 Å². The van der Waals surface area contributed by atoms with E-state index in [0.29, 0.717) is 48.9 Å². The molecule has 0 spiro atoms. The Hall–Kier alpha value is -2.88. The van der Waals surface area contributed by atoms with Crippen molar-refractivity contribution in [3.05, 3.63) is 34.2 Å². The van der Waals surface area contributed by atoms with Crippen LogP contribution in [-0.2, 0) is 6.54 Å². The summed E-state index contributed by atoms with van der Waals surface area (Å²) in [6.45, 7) is 7.13. The van der Waals surface area contributed by atoms with Gasteiger partial charge >= 0.3 is 5.69 Å². The average molecular weight is 367 g/mol. The van der Waals surface area contributed by atoms with E-state index in [0.717, 1.165) is 0 Å². The molecule has 1 aromatic heterocycles. The van der Waals surface area contributed by atoms with E-state index in [1.807, 2.05) is 6.07 Å². The maximum absolute atomic E-state index is 12.8. The molecule has 0 atom stereocenters. The predicted octanol–water partition coefficient (Wildman–Crippen LogP) is 3.07. The van der Waals surface area contributed by atoms with Crippen LogP contribution in [-0.4, -0.2) is 27.7 Å². The fourth-order valence-corrected chi connectivity index (χ4v) is 3.17. The van der Waals surface area contributed by atoms with Gasteiger partial charge in [0.25, 0.3) is 5.91 Å². The second kappa shape index (κ2) is 7.03. The molecule has 0 unspecified atom stereocenters. The number of benzene rings is 1. The summed E-state index contributed by atoms with van der Waals surface area (Å²) in [5.41, 5.74) is 1.06. The molecule has 1 amide bonds. The Morgan fingerprint density at radius 3 is 2.70 bits per heavy atom. The summed E-state index contributed by atoms with van der Waals surface area (Å²) in [6, 6.07) is 5.32. The molecule has 3 rings (SSSR count). The van der Waals surface area contributed by atoms with E-state index in [2.05, 4.69) is 47.2 Å². The summed E-state index contributed by atoms with van der Waals surface area (Å²) in [5, 5.41) is 11.1. The van der Waals surface area contributed by atoms with Crippen LogP contribution in [0.3, 0.4) is 0 Å². The van der Waals surface area contributed by atoms with Crippen LogP contribution >= 0.6 is 0 Å². The van der Waals surface area contributed by atoms with E-state index >= 15 is 0 Å². The maximum atomic E-state index is 12.8. The third-order valence-corrected chi connectivity index (χ3v) is 4.53. The molecule has 7 heteroatoms. The molecular weight excluding hydrogens is 342 g/mol. The molecule has 0 fully saturated rings. The minimum absolute atomic E-state index is 0.0963. The highest BCUT2D eigenvalue weighted by molar-refractivity contribution is 6.05. The van der Waals surface area contributed by atoms with Gasteiger partial charge in [0.1, 0.15) is 0 Å². The quantitative estimate of drug-likeness (QED) is 0.736. The zero-order valence-corrected chi connectivity index (χ0v) is 16.0. The third kappa shape index (κ3) is 4.27. The molecule has 142 valence electrons. The van der Waals surface area contributed by atoms with Gasteiger partial charge in [-0.3, -0.25) is 9.36 Å². The number of amides is 1. The summed E-state index contributed by atoms with van der Waals surface area (Å²) in [7, 11) is 0. The smallest absolute Gasteiger partial charge is 0.326 e. The van der Waals surface area contributed by atoms with Crippen molar-refractivity contribution in [1.82, 2.24) is 14.9 Å². The van der Waals surface area contributed by atoms with Crippen LogP contribution < -0.4 is 11.0 Å². The van der Waals surface area contributed by atoms with Crippen molar-refractivity contribution in [2.45, 2.75) is 52.2 Å². The molecule has 0 saturated heterocycles. The Kier molecular flexibility index (Phi) is 4.92. The molecule has 2 heterocycles.